The van der Waals surface area contributed by atoms with Gasteiger partial charge >= 0.3 is 0 Å². The van der Waals surface area contributed by atoms with Gasteiger partial charge in [0.25, 0.3) is 0 Å². The summed E-state index contributed by atoms with van der Waals surface area (Å²) in [4.78, 5) is 4.38. The van der Waals surface area contributed by atoms with Crippen LogP contribution in [0.3, 0.4) is 0 Å². The molecule has 0 saturated heterocycles. The molecule has 4 heteroatoms. The molecule has 0 saturated carbocycles. The van der Waals surface area contributed by atoms with E-state index in [1.807, 2.05) is 0 Å². The maximum absolute atomic E-state index is 5.23. The number of hydrogen-bond donors (Lipinski definition) is 1. The summed E-state index contributed by atoms with van der Waals surface area (Å²) >= 11 is 0. The van der Waals surface area contributed by atoms with E-state index in [9.17, 15) is 0 Å². The van der Waals surface area contributed by atoms with Gasteiger partial charge in [0.2, 0.25) is 5.89 Å². The summed E-state index contributed by atoms with van der Waals surface area (Å²) in [5.74, 6) is 1.60. The third-order valence-electron chi connectivity index (χ3n) is 2.58. The Hall–Kier alpha value is -0.900. The highest BCUT2D eigenvalue weighted by Gasteiger charge is 2.11. The van der Waals surface area contributed by atoms with Gasteiger partial charge in [-0.25, -0.2) is 0 Å². The van der Waals surface area contributed by atoms with Crippen LogP contribution < -0.4 is 5.32 Å². The Morgan fingerprint density at radius 1 is 1.25 bits per heavy atom. The second kappa shape index (κ2) is 7.39. The van der Waals surface area contributed by atoms with Gasteiger partial charge in [-0.05, 0) is 25.8 Å². The molecule has 1 aromatic heterocycles. The summed E-state index contributed by atoms with van der Waals surface area (Å²) < 4.78 is 5.23. The van der Waals surface area contributed by atoms with E-state index >= 15 is 0 Å². The summed E-state index contributed by atoms with van der Waals surface area (Å²) in [6.45, 7) is 7.52. The first-order chi connectivity index (χ1) is 7.80. The summed E-state index contributed by atoms with van der Waals surface area (Å²) in [6, 6.07) is 0.454. The topological polar surface area (TPSA) is 51.0 Å². The zero-order valence-electron chi connectivity index (χ0n) is 10.6. The molecule has 4 nitrogen and oxygen atoms in total. The summed E-state index contributed by atoms with van der Waals surface area (Å²) in [5, 5.41) is 7.44. The minimum atomic E-state index is 0.454. The van der Waals surface area contributed by atoms with Gasteiger partial charge in [0.1, 0.15) is 0 Å². The highest BCUT2D eigenvalue weighted by molar-refractivity contribution is 4.89. The van der Waals surface area contributed by atoms with Crippen molar-refractivity contribution in [2.24, 2.45) is 0 Å². The lowest BCUT2D eigenvalue weighted by molar-refractivity contribution is 0.350. The molecule has 1 unspecified atom stereocenters. The molecule has 0 aliphatic rings. The molecule has 0 radical (unpaired) electrons. The maximum atomic E-state index is 5.23. The van der Waals surface area contributed by atoms with Crippen LogP contribution in [0.5, 0.6) is 0 Å². The zero-order chi connectivity index (χ0) is 11.8. The quantitative estimate of drug-likeness (QED) is 0.738. The molecule has 1 heterocycles. The number of aryl methyl sites for hydroxylation is 1. The Morgan fingerprint density at radius 3 is 2.69 bits per heavy atom. The van der Waals surface area contributed by atoms with Crippen molar-refractivity contribution < 1.29 is 4.52 Å². The molecule has 0 aliphatic carbocycles. The number of nitrogens with zero attached hydrogens (tertiary/aromatic N) is 2. The first-order valence-corrected chi connectivity index (χ1v) is 6.34. The SMILES string of the molecule is CCCNC(CC)Cc1nc(CCC)no1. The van der Waals surface area contributed by atoms with E-state index in [1.165, 1.54) is 0 Å². The fourth-order valence-electron chi connectivity index (χ4n) is 1.62. The van der Waals surface area contributed by atoms with Crippen LogP contribution in [0.1, 0.15) is 51.7 Å². The van der Waals surface area contributed by atoms with Crippen molar-refractivity contribution >= 4 is 0 Å². The van der Waals surface area contributed by atoms with E-state index in [1.54, 1.807) is 0 Å². The zero-order valence-corrected chi connectivity index (χ0v) is 10.6. The Kier molecular flexibility index (Phi) is 6.08. The molecular formula is C12H23N3O. The maximum Gasteiger partial charge on any atom is 0.228 e. The highest BCUT2D eigenvalue weighted by atomic mass is 16.5. The van der Waals surface area contributed by atoms with Crippen LogP contribution in [0.4, 0.5) is 0 Å². The minimum Gasteiger partial charge on any atom is -0.339 e. The average molecular weight is 225 g/mol. The lowest BCUT2D eigenvalue weighted by Crippen LogP contribution is -2.31. The van der Waals surface area contributed by atoms with Gasteiger partial charge in [-0.3, -0.25) is 0 Å². The van der Waals surface area contributed by atoms with Gasteiger partial charge in [-0.2, -0.15) is 4.98 Å². The molecule has 16 heavy (non-hydrogen) atoms. The molecule has 0 fully saturated rings. The Bertz CT molecular complexity index is 286. The molecule has 0 amide bonds. The molecule has 1 aromatic rings. The Balaban J connectivity index is 2.43. The van der Waals surface area contributed by atoms with Crippen molar-refractivity contribution in [1.29, 1.82) is 0 Å². The van der Waals surface area contributed by atoms with Crippen LogP contribution in [0.15, 0.2) is 4.52 Å². The van der Waals surface area contributed by atoms with E-state index < -0.39 is 0 Å². The molecule has 0 aliphatic heterocycles. The van der Waals surface area contributed by atoms with Gasteiger partial charge in [-0.1, -0.05) is 25.9 Å². The van der Waals surface area contributed by atoms with Gasteiger partial charge in [0.15, 0.2) is 5.82 Å². The predicted molar refractivity (Wildman–Crippen MR) is 64.4 cm³/mol. The molecule has 1 N–H and O–H groups in total. The van der Waals surface area contributed by atoms with Crippen LogP contribution in [-0.2, 0) is 12.8 Å². The van der Waals surface area contributed by atoms with E-state index in [0.717, 1.165) is 50.4 Å². The number of hydrogen-bond acceptors (Lipinski definition) is 4. The van der Waals surface area contributed by atoms with E-state index in [-0.39, 0.29) is 0 Å². The van der Waals surface area contributed by atoms with Gasteiger partial charge < -0.3 is 9.84 Å². The molecule has 0 aromatic carbocycles. The summed E-state index contributed by atoms with van der Waals surface area (Å²) in [6.07, 6.45) is 5.05. The van der Waals surface area contributed by atoms with Crippen molar-refractivity contribution in [2.75, 3.05) is 6.54 Å². The third kappa shape index (κ3) is 4.31. The first-order valence-electron chi connectivity index (χ1n) is 6.34. The molecule has 1 atom stereocenters. The number of aromatic nitrogens is 2. The highest BCUT2D eigenvalue weighted by Crippen LogP contribution is 2.05. The Labute approximate surface area is 97.8 Å². The third-order valence-corrected chi connectivity index (χ3v) is 2.58. The predicted octanol–water partition coefficient (Wildman–Crippen LogP) is 2.34. The van der Waals surface area contributed by atoms with Gasteiger partial charge in [-0.15, -0.1) is 0 Å². The average Bonchev–Trinajstić information content (AvgIpc) is 2.72. The lowest BCUT2D eigenvalue weighted by Gasteiger charge is -2.13. The van der Waals surface area contributed by atoms with Gasteiger partial charge in [0.05, 0.1) is 0 Å². The van der Waals surface area contributed by atoms with Crippen LogP contribution in [0.2, 0.25) is 0 Å². The van der Waals surface area contributed by atoms with Crippen LogP contribution >= 0.6 is 0 Å². The van der Waals surface area contributed by atoms with E-state index in [4.69, 9.17) is 4.52 Å². The van der Waals surface area contributed by atoms with Crippen LogP contribution in [0.25, 0.3) is 0 Å². The standard InChI is InChI=1S/C12H23N3O/c1-4-7-11-14-12(16-15-11)9-10(6-3)13-8-5-2/h10,13H,4-9H2,1-3H3. The second-order valence-electron chi connectivity index (χ2n) is 4.12. The summed E-state index contributed by atoms with van der Waals surface area (Å²) in [7, 11) is 0. The molecule has 92 valence electrons. The van der Waals surface area contributed by atoms with E-state index in [0.29, 0.717) is 6.04 Å². The van der Waals surface area contributed by atoms with Gasteiger partial charge in [0, 0.05) is 18.9 Å². The first kappa shape index (κ1) is 13.2. The second-order valence-corrected chi connectivity index (χ2v) is 4.12. The number of nitrogens with one attached hydrogen (secondary N) is 1. The van der Waals surface area contributed by atoms with Crippen molar-refractivity contribution in [1.82, 2.24) is 15.5 Å². The Morgan fingerprint density at radius 2 is 2.06 bits per heavy atom. The normalized spacial score (nSPS) is 12.9. The largest absolute Gasteiger partial charge is 0.339 e. The van der Waals surface area contributed by atoms with Crippen molar-refractivity contribution in [2.45, 2.75) is 58.9 Å². The van der Waals surface area contributed by atoms with Crippen molar-refractivity contribution in [3.63, 3.8) is 0 Å². The van der Waals surface area contributed by atoms with Crippen LogP contribution in [0, 0.1) is 0 Å². The molecule has 0 bridgehead atoms. The van der Waals surface area contributed by atoms with Crippen molar-refractivity contribution in [3.8, 4) is 0 Å². The smallest absolute Gasteiger partial charge is 0.228 e. The molecule has 0 spiro atoms. The monoisotopic (exact) mass is 225 g/mol. The fraction of sp³-hybridized carbons (Fsp3) is 0.833. The lowest BCUT2D eigenvalue weighted by atomic mass is 10.1. The van der Waals surface area contributed by atoms with E-state index in [2.05, 4.69) is 36.2 Å². The minimum absolute atomic E-state index is 0.454. The summed E-state index contributed by atoms with van der Waals surface area (Å²) in [5.41, 5.74) is 0. The van der Waals surface area contributed by atoms with Crippen molar-refractivity contribution in [3.05, 3.63) is 11.7 Å². The fourth-order valence-corrected chi connectivity index (χ4v) is 1.62. The molecular weight excluding hydrogens is 202 g/mol. The molecule has 1 rings (SSSR count). The number of rotatable bonds is 8. The van der Waals surface area contributed by atoms with Crippen LogP contribution in [-0.4, -0.2) is 22.7 Å².